The third-order valence-electron chi connectivity index (χ3n) is 4.07. The van der Waals surface area contributed by atoms with Crippen LogP contribution in [0.3, 0.4) is 0 Å². The maximum absolute atomic E-state index is 11.9. The molecule has 1 atom stereocenters. The highest BCUT2D eigenvalue weighted by Gasteiger charge is 2.26. The van der Waals surface area contributed by atoms with Crippen molar-refractivity contribution in [3.05, 3.63) is 0 Å². The fourth-order valence-electron chi connectivity index (χ4n) is 3.08. The van der Waals surface area contributed by atoms with Gasteiger partial charge in [-0.15, -0.1) is 12.4 Å². The number of rotatable bonds is 2. The maximum atomic E-state index is 11.9. The second-order valence-electron chi connectivity index (χ2n) is 5.44. The zero-order valence-corrected chi connectivity index (χ0v) is 12.1. The van der Waals surface area contributed by atoms with Crippen LogP contribution in [0.1, 0.15) is 39.0 Å². The lowest BCUT2D eigenvalue weighted by molar-refractivity contribution is -0.132. The molecule has 106 valence electrons. The minimum atomic E-state index is -0.354. The molecule has 4 nitrogen and oxygen atoms in total. The van der Waals surface area contributed by atoms with Crippen LogP contribution in [0.4, 0.5) is 0 Å². The summed E-state index contributed by atoms with van der Waals surface area (Å²) in [4.78, 5) is 16.4. The van der Waals surface area contributed by atoms with Crippen LogP contribution in [0.5, 0.6) is 0 Å². The molecule has 0 aromatic carbocycles. The normalized spacial score (nSPS) is 24.4. The summed E-state index contributed by atoms with van der Waals surface area (Å²) in [5, 5.41) is 0. The number of hydrogen-bond acceptors (Lipinski definition) is 3. The molecule has 0 spiro atoms. The van der Waals surface area contributed by atoms with E-state index >= 15 is 0 Å². The molecule has 18 heavy (non-hydrogen) atoms. The summed E-state index contributed by atoms with van der Waals surface area (Å²) in [6, 6.07) is 0.424. The van der Waals surface area contributed by atoms with E-state index in [1.54, 1.807) is 6.92 Å². The number of nitrogens with zero attached hydrogens (tertiary/aromatic N) is 2. The van der Waals surface area contributed by atoms with E-state index in [0.717, 1.165) is 38.6 Å². The van der Waals surface area contributed by atoms with Crippen LogP contribution in [-0.4, -0.2) is 54.0 Å². The Hall–Kier alpha value is -0.320. The molecule has 1 aliphatic heterocycles. The van der Waals surface area contributed by atoms with Crippen LogP contribution in [0.15, 0.2) is 0 Å². The zero-order valence-electron chi connectivity index (χ0n) is 11.3. The van der Waals surface area contributed by atoms with Gasteiger partial charge in [-0.05, 0) is 26.2 Å². The SMILES string of the molecule is CC(N)C(=O)N1CCCN(C2CCCC2)CC1.Cl. The van der Waals surface area contributed by atoms with Crippen LogP contribution in [0.25, 0.3) is 0 Å². The summed E-state index contributed by atoms with van der Waals surface area (Å²) in [6.07, 6.45) is 6.55. The average Bonchev–Trinajstić information content (AvgIpc) is 2.73. The monoisotopic (exact) mass is 275 g/mol. The van der Waals surface area contributed by atoms with E-state index in [1.807, 2.05) is 4.90 Å². The standard InChI is InChI=1S/C13H25N3O.ClH/c1-11(14)13(17)16-8-4-7-15(9-10-16)12-5-2-3-6-12;/h11-12H,2-10,14H2,1H3;1H. The van der Waals surface area contributed by atoms with Gasteiger partial charge in [-0.25, -0.2) is 0 Å². The summed E-state index contributed by atoms with van der Waals surface area (Å²) in [5.41, 5.74) is 5.67. The van der Waals surface area contributed by atoms with Gasteiger partial charge in [0.05, 0.1) is 6.04 Å². The Morgan fingerprint density at radius 2 is 1.78 bits per heavy atom. The zero-order chi connectivity index (χ0) is 12.3. The van der Waals surface area contributed by atoms with E-state index in [2.05, 4.69) is 4.90 Å². The van der Waals surface area contributed by atoms with Crippen LogP contribution in [0.2, 0.25) is 0 Å². The molecule has 2 aliphatic rings. The number of halogens is 1. The van der Waals surface area contributed by atoms with Crippen LogP contribution in [0, 0.1) is 0 Å². The largest absolute Gasteiger partial charge is 0.340 e. The molecule has 0 aromatic heterocycles. The van der Waals surface area contributed by atoms with Gasteiger partial charge >= 0.3 is 0 Å². The average molecular weight is 276 g/mol. The molecule has 5 heteroatoms. The second-order valence-corrected chi connectivity index (χ2v) is 5.44. The first kappa shape index (κ1) is 15.7. The predicted octanol–water partition coefficient (Wildman–Crippen LogP) is 1.23. The Kier molecular flexibility index (Phi) is 6.39. The Balaban J connectivity index is 0.00000162. The Bertz CT molecular complexity index is 267. The summed E-state index contributed by atoms with van der Waals surface area (Å²) in [6.45, 7) is 5.69. The molecular formula is C13H26ClN3O. The lowest BCUT2D eigenvalue weighted by atomic mass is 10.2. The third kappa shape index (κ3) is 3.84. The Morgan fingerprint density at radius 1 is 1.11 bits per heavy atom. The van der Waals surface area contributed by atoms with E-state index < -0.39 is 0 Å². The van der Waals surface area contributed by atoms with Gasteiger partial charge in [0.1, 0.15) is 0 Å². The van der Waals surface area contributed by atoms with Crippen molar-refractivity contribution < 1.29 is 4.79 Å². The van der Waals surface area contributed by atoms with Gasteiger partial charge in [0.2, 0.25) is 5.91 Å². The summed E-state index contributed by atoms with van der Waals surface area (Å²) < 4.78 is 0. The minimum Gasteiger partial charge on any atom is -0.340 e. The molecule has 1 amide bonds. The molecule has 1 unspecified atom stereocenters. The highest BCUT2D eigenvalue weighted by atomic mass is 35.5. The number of hydrogen-bond donors (Lipinski definition) is 1. The van der Waals surface area contributed by atoms with Crippen molar-refractivity contribution in [2.75, 3.05) is 26.2 Å². The Morgan fingerprint density at radius 3 is 2.39 bits per heavy atom. The van der Waals surface area contributed by atoms with Crippen molar-refractivity contribution in [3.63, 3.8) is 0 Å². The molecule has 2 fully saturated rings. The third-order valence-corrected chi connectivity index (χ3v) is 4.07. The van der Waals surface area contributed by atoms with Crippen LogP contribution in [-0.2, 0) is 4.79 Å². The van der Waals surface area contributed by atoms with Gasteiger partial charge in [-0.3, -0.25) is 9.69 Å². The molecule has 1 saturated heterocycles. The van der Waals surface area contributed by atoms with E-state index in [0.29, 0.717) is 0 Å². The first-order valence-electron chi connectivity index (χ1n) is 6.97. The fourth-order valence-corrected chi connectivity index (χ4v) is 3.08. The summed E-state index contributed by atoms with van der Waals surface area (Å²) in [7, 11) is 0. The summed E-state index contributed by atoms with van der Waals surface area (Å²) >= 11 is 0. The molecule has 1 aliphatic carbocycles. The second kappa shape index (κ2) is 7.31. The lowest BCUT2D eigenvalue weighted by Crippen LogP contribution is -2.44. The lowest BCUT2D eigenvalue weighted by Gasteiger charge is -2.27. The molecule has 1 saturated carbocycles. The van der Waals surface area contributed by atoms with Gasteiger partial charge in [-0.2, -0.15) is 0 Å². The first-order chi connectivity index (χ1) is 8.18. The number of amides is 1. The molecule has 0 bridgehead atoms. The molecular weight excluding hydrogens is 250 g/mol. The highest BCUT2D eigenvalue weighted by molar-refractivity contribution is 5.85. The first-order valence-corrected chi connectivity index (χ1v) is 6.97. The van der Waals surface area contributed by atoms with Crippen molar-refractivity contribution in [3.8, 4) is 0 Å². The number of carbonyl (C=O) groups excluding carboxylic acids is 1. The van der Waals surface area contributed by atoms with Gasteiger partial charge in [0.25, 0.3) is 0 Å². The number of carbonyl (C=O) groups is 1. The van der Waals surface area contributed by atoms with Crippen LogP contribution >= 0.6 is 12.4 Å². The number of nitrogens with two attached hydrogens (primary N) is 1. The van der Waals surface area contributed by atoms with Crippen molar-refractivity contribution >= 4 is 18.3 Å². The van der Waals surface area contributed by atoms with Crippen molar-refractivity contribution in [1.29, 1.82) is 0 Å². The predicted molar refractivity (Wildman–Crippen MR) is 75.9 cm³/mol. The van der Waals surface area contributed by atoms with Gasteiger partial charge in [0, 0.05) is 32.2 Å². The molecule has 2 N–H and O–H groups in total. The van der Waals surface area contributed by atoms with E-state index in [-0.39, 0.29) is 24.4 Å². The minimum absolute atomic E-state index is 0. The Labute approximate surface area is 116 Å². The molecule has 2 rings (SSSR count). The van der Waals surface area contributed by atoms with Crippen molar-refractivity contribution in [2.45, 2.75) is 51.1 Å². The smallest absolute Gasteiger partial charge is 0.239 e. The highest BCUT2D eigenvalue weighted by Crippen LogP contribution is 2.24. The maximum Gasteiger partial charge on any atom is 0.239 e. The van der Waals surface area contributed by atoms with Gasteiger partial charge in [0.15, 0.2) is 0 Å². The quantitative estimate of drug-likeness (QED) is 0.825. The van der Waals surface area contributed by atoms with Crippen molar-refractivity contribution in [1.82, 2.24) is 9.80 Å². The topological polar surface area (TPSA) is 49.6 Å². The fraction of sp³-hybridized carbons (Fsp3) is 0.923. The molecule has 1 heterocycles. The van der Waals surface area contributed by atoms with Gasteiger partial charge < -0.3 is 10.6 Å². The van der Waals surface area contributed by atoms with E-state index in [4.69, 9.17) is 5.73 Å². The van der Waals surface area contributed by atoms with E-state index in [9.17, 15) is 4.79 Å². The van der Waals surface area contributed by atoms with E-state index in [1.165, 1.54) is 25.7 Å². The molecule has 0 radical (unpaired) electrons. The molecule has 0 aromatic rings. The van der Waals surface area contributed by atoms with Crippen molar-refractivity contribution in [2.24, 2.45) is 5.73 Å². The van der Waals surface area contributed by atoms with Crippen LogP contribution < -0.4 is 5.73 Å². The summed E-state index contributed by atoms with van der Waals surface area (Å²) in [5.74, 6) is 0.110. The van der Waals surface area contributed by atoms with Gasteiger partial charge in [-0.1, -0.05) is 12.8 Å².